The van der Waals surface area contributed by atoms with Crippen molar-refractivity contribution >= 4 is 62.2 Å². The largest absolute Gasteiger partial charge is 0.497 e. The molecule has 1 aliphatic rings. The summed E-state index contributed by atoms with van der Waals surface area (Å²) in [5, 5.41) is 0.876. The van der Waals surface area contributed by atoms with Gasteiger partial charge in [0.05, 0.1) is 23.6 Å². The quantitative estimate of drug-likeness (QED) is 0.390. The topological polar surface area (TPSA) is 126 Å². The van der Waals surface area contributed by atoms with Crippen molar-refractivity contribution in [2.75, 3.05) is 12.0 Å². The molecule has 0 saturated carbocycles. The molecule has 176 valence electrons. The number of nitrogens with one attached hydrogen (secondary N) is 1. The third-order valence-corrected chi connectivity index (χ3v) is 7.97. The number of ether oxygens (including phenoxy) is 1. The number of imide groups is 1. The number of nitrogens with zero attached hydrogens (tertiary/aromatic N) is 1. The molecule has 0 aliphatic carbocycles. The summed E-state index contributed by atoms with van der Waals surface area (Å²) in [5.74, 6) is -1.77. The summed E-state index contributed by atoms with van der Waals surface area (Å²) in [6, 6.07) is 9.64. The lowest BCUT2D eigenvalue weighted by Crippen LogP contribution is -2.85. The van der Waals surface area contributed by atoms with E-state index in [2.05, 4.69) is 0 Å². The molecule has 2 heterocycles. The molecule has 1 aliphatic heterocycles. The van der Waals surface area contributed by atoms with E-state index in [1.165, 1.54) is 37.4 Å². The first-order valence-electron chi connectivity index (χ1n) is 9.59. The number of amides is 4. The minimum absolute atomic E-state index is 0.0280. The van der Waals surface area contributed by atoms with Gasteiger partial charge in [-0.25, -0.2) is 27.8 Å². The van der Waals surface area contributed by atoms with E-state index in [0.717, 1.165) is 27.6 Å². The van der Waals surface area contributed by atoms with Crippen molar-refractivity contribution in [1.82, 2.24) is 4.72 Å². The molecule has 13 heteroatoms. The summed E-state index contributed by atoms with van der Waals surface area (Å²) in [7, 11) is -2.68. The Morgan fingerprint density at radius 1 is 1.18 bits per heavy atom. The van der Waals surface area contributed by atoms with Crippen molar-refractivity contribution < 1.29 is 37.2 Å². The second-order valence-electron chi connectivity index (χ2n) is 7.12. The zero-order chi connectivity index (χ0) is 24.6. The number of rotatable bonds is 5. The summed E-state index contributed by atoms with van der Waals surface area (Å²) in [5.41, 5.74) is 0.463. The number of sulfonamides is 1. The number of primary amides is 1. The molecule has 3 N–H and O–H groups in total. The van der Waals surface area contributed by atoms with E-state index >= 15 is 0 Å². The lowest BCUT2D eigenvalue weighted by Gasteiger charge is -2.27. The Morgan fingerprint density at radius 2 is 1.94 bits per heavy atom. The fraction of sp³-hybridized carbons (Fsp3) is 0.0952. The maximum absolute atomic E-state index is 14.9. The smallest absolute Gasteiger partial charge is 0.432 e. The molecule has 34 heavy (non-hydrogen) atoms. The lowest BCUT2D eigenvalue weighted by molar-refractivity contribution is -0.463. The van der Waals surface area contributed by atoms with Crippen molar-refractivity contribution in [2.45, 2.75) is 10.6 Å². The van der Waals surface area contributed by atoms with Crippen LogP contribution in [0.4, 0.5) is 20.6 Å². The lowest BCUT2D eigenvalue weighted by atomic mass is 9.97. The number of benzene rings is 2. The first-order chi connectivity index (χ1) is 16.1. The van der Waals surface area contributed by atoms with Gasteiger partial charge in [-0.15, -0.1) is 11.3 Å². The number of fused-ring (bicyclic) bond motifs is 1. The van der Waals surface area contributed by atoms with Crippen LogP contribution in [0.2, 0.25) is 4.34 Å². The van der Waals surface area contributed by atoms with Gasteiger partial charge in [0.15, 0.2) is 5.82 Å². The molecule has 4 rings (SSSR count). The van der Waals surface area contributed by atoms with E-state index in [1.807, 2.05) is 4.72 Å². The molecular weight excluding hydrogens is 509 g/mol. The Labute approximate surface area is 202 Å². The number of methoxy groups -OCH3 is 1. The van der Waals surface area contributed by atoms with Gasteiger partial charge >= 0.3 is 6.03 Å². The number of hydrogen-bond acceptors (Lipinski definition) is 7. The van der Waals surface area contributed by atoms with Gasteiger partial charge in [-0.2, -0.15) is 4.72 Å². The fourth-order valence-corrected chi connectivity index (χ4v) is 5.79. The minimum atomic E-state index is -4.14. The van der Waals surface area contributed by atoms with Gasteiger partial charge < -0.3 is 4.74 Å². The van der Waals surface area contributed by atoms with E-state index in [9.17, 15) is 27.2 Å². The van der Waals surface area contributed by atoms with Gasteiger partial charge in [-0.3, -0.25) is 9.59 Å². The average Bonchev–Trinajstić information content (AvgIpc) is 3.21. The zero-order valence-corrected chi connectivity index (χ0v) is 19.8. The van der Waals surface area contributed by atoms with E-state index in [-0.39, 0.29) is 31.9 Å². The Morgan fingerprint density at radius 3 is 2.59 bits per heavy atom. The monoisotopic (exact) mass is 524 g/mol. The van der Waals surface area contributed by atoms with Crippen LogP contribution in [0, 0.1) is 5.82 Å². The third kappa shape index (κ3) is 4.66. The minimum Gasteiger partial charge on any atom is -0.497 e. The fourth-order valence-electron chi connectivity index (χ4n) is 3.37. The predicted molar refractivity (Wildman–Crippen MR) is 122 cm³/mol. The van der Waals surface area contributed by atoms with Crippen molar-refractivity contribution in [3.05, 3.63) is 69.8 Å². The second-order valence-corrected chi connectivity index (χ2v) is 10.7. The Bertz CT molecular complexity index is 1440. The van der Waals surface area contributed by atoms with Crippen molar-refractivity contribution in [2.24, 2.45) is 0 Å². The number of quaternary nitrogens is 1. The van der Waals surface area contributed by atoms with Crippen LogP contribution in [-0.2, 0) is 21.2 Å². The normalized spacial score (nSPS) is 13.6. The molecule has 0 radical (unpaired) electrons. The summed E-state index contributed by atoms with van der Waals surface area (Å²) in [6.45, 7) is 0. The molecule has 3 aromatic rings. The summed E-state index contributed by atoms with van der Waals surface area (Å²) in [6.07, 6.45) is -0.126. The number of anilines is 1. The van der Waals surface area contributed by atoms with Crippen LogP contribution in [0.15, 0.2) is 52.7 Å². The molecular formula is C21H16ClFN3O6S2+. The number of carbonyl (C=O) groups excluding carboxylic acids is 3. The molecule has 0 bridgehead atoms. The number of urea groups is 1. The predicted octanol–water partition coefficient (Wildman–Crippen LogP) is 2.57. The van der Waals surface area contributed by atoms with Crippen molar-refractivity contribution in [1.29, 1.82) is 0 Å². The van der Waals surface area contributed by atoms with Gasteiger partial charge in [0.2, 0.25) is 5.91 Å². The highest BCUT2D eigenvalue weighted by atomic mass is 35.5. The number of hydrogen-bond donors (Lipinski definition) is 2. The van der Waals surface area contributed by atoms with E-state index < -0.39 is 33.7 Å². The molecule has 0 saturated heterocycles. The van der Waals surface area contributed by atoms with Crippen molar-refractivity contribution in [3.63, 3.8) is 0 Å². The van der Waals surface area contributed by atoms with Gasteiger partial charge in [0.25, 0.3) is 15.9 Å². The van der Waals surface area contributed by atoms with Crippen LogP contribution in [0.1, 0.15) is 15.9 Å². The molecule has 2 aromatic carbocycles. The molecule has 0 atom stereocenters. The Kier molecular flexibility index (Phi) is 6.41. The standard InChI is InChI=1S/C21H15ClFN3O6S2/c1-32-13-3-4-14-11(8-13)9-18(27)26(20(14)28)16-5-2-12(10-15(16)23)24-21(29)25-34(30,31)19-7-6-17(22)33-19/h2-8,10H,9H2,1H3,(H2,24,25,29)/p+1. The maximum atomic E-state index is 14.9. The molecule has 4 amide bonds. The van der Waals surface area contributed by atoms with E-state index in [0.29, 0.717) is 11.3 Å². The van der Waals surface area contributed by atoms with Crippen LogP contribution >= 0.6 is 22.9 Å². The third-order valence-electron chi connectivity index (χ3n) is 4.90. The molecule has 0 unspecified atom stereocenters. The number of thiophene rings is 1. The molecule has 9 nitrogen and oxygen atoms in total. The van der Waals surface area contributed by atoms with Crippen LogP contribution in [0.5, 0.6) is 5.75 Å². The molecule has 0 fully saturated rings. The zero-order valence-electron chi connectivity index (χ0n) is 17.4. The van der Waals surface area contributed by atoms with E-state index in [1.54, 1.807) is 12.1 Å². The van der Waals surface area contributed by atoms with Crippen LogP contribution in [-0.4, -0.2) is 33.4 Å². The maximum Gasteiger partial charge on any atom is 0.432 e. The summed E-state index contributed by atoms with van der Waals surface area (Å²) in [4.78, 5) is 38.4. The first-order valence-corrected chi connectivity index (χ1v) is 12.3. The second kappa shape index (κ2) is 9.14. The van der Waals surface area contributed by atoms with Gasteiger partial charge in [0, 0.05) is 17.7 Å². The summed E-state index contributed by atoms with van der Waals surface area (Å²) < 4.78 is 46.4. The Balaban J connectivity index is 1.52. The van der Waals surface area contributed by atoms with Crippen molar-refractivity contribution in [3.8, 4) is 5.75 Å². The van der Waals surface area contributed by atoms with E-state index in [4.69, 9.17) is 16.3 Å². The van der Waals surface area contributed by atoms with Gasteiger partial charge in [-0.1, -0.05) is 11.6 Å². The first kappa shape index (κ1) is 23.8. The number of carbonyl (C=O) groups is 3. The van der Waals surface area contributed by atoms with Gasteiger partial charge in [0.1, 0.15) is 15.6 Å². The highest BCUT2D eigenvalue weighted by Crippen LogP contribution is 2.30. The van der Waals surface area contributed by atoms with Crippen LogP contribution in [0.3, 0.4) is 0 Å². The highest BCUT2D eigenvalue weighted by Gasteiger charge is 2.34. The van der Waals surface area contributed by atoms with Crippen LogP contribution in [0.25, 0.3) is 0 Å². The Hall–Kier alpha value is -3.32. The number of nitrogens with two attached hydrogens (primary N) is 1. The SMILES string of the molecule is COc1ccc2c(c1)CC(=O)N(c1ccc([NH2+]C(=O)NS(=O)(=O)c3ccc(Cl)s3)cc1F)C2=O. The van der Waals surface area contributed by atoms with Gasteiger partial charge in [-0.05, 0) is 42.0 Å². The van der Waals surface area contributed by atoms with Crippen LogP contribution < -0.4 is 19.7 Å². The summed E-state index contributed by atoms with van der Waals surface area (Å²) >= 11 is 6.50. The number of halogens is 2. The average molecular weight is 525 g/mol. The molecule has 0 spiro atoms. The molecule has 1 aromatic heterocycles. The highest BCUT2D eigenvalue weighted by molar-refractivity contribution is 7.92.